The van der Waals surface area contributed by atoms with E-state index in [1.807, 2.05) is 42.5 Å². The van der Waals surface area contributed by atoms with E-state index in [0.29, 0.717) is 29.1 Å². The van der Waals surface area contributed by atoms with Gasteiger partial charge in [-0.3, -0.25) is 4.98 Å². The summed E-state index contributed by atoms with van der Waals surface area (Å²) in [7, 11) is 1.59. The number of esters is 1. The standard InChI is InChI=1S/C19H17BrN2O3/c1-3-25-19(23)15-11-21-18-14(5-4-6-16(18)24-2)17(15)22-13-9-7-12(20)8-10-13/h4-11H,3H2,1-2H3,(H,21,22). The lowest BCUT2D eigenvalue weighted by Crippen LogP contribution is -2.09. The van der Waals surface area contributed by atoms with Gasteiger partial charge in [0, 0.05) is 21.7 Å². The van der Waals surface area contributed by atoms with Gasteiger partial charge < -0.3 is 14.8 Å². The number of ether oxygens (including phenoxy) is 2. The number of methoxy groups -OCH3 is 1. The number of nitrogens with one attached hydrogen (secondary N) is 1. The van der Waals surface area contributed by atoms with Crippen LogP contribution in [0.25, 0.3) is 10.9 Å². The van der Waals surface area contributed by atoms with Crippen molar-refractivity contribution in [3.63, 3.8) is 0 Å². The van der Waals surface area contributed by atoms with Crippen molar-refractivity contribution < 1.29 is 14.3 Å². The number of para-hydroxylation sites is 1. The molecule has 0 saturated heterocycles. The fraction of sp³-hybridized carbons (Fsp3) is 0.158. The van der Waals surface area contributed by atoms with Crippen molar-refractivity contribution in [3.05, 3.63) is 58.7 Å². The fourth-order valence-electron chi connectivity index (χ4n) is 2.54. The third-order valence-electron chi connectivity index (χ3n) is 3.69. The molecule has 0 amide bonds. The molecule has 128 valence electrons. The number of benzene rings is 2. The molecule has 0 aliphatic carbocycles. The van der Waals surface area contributed by atoms with Crippen LogP contribution in [0.15, 0.2) is 53.1 Å². The van der Waals surface area contributed by atoms with Gasteiger partial charge in [-0.05, 0) is 37.3 Å². The van der Waals surface area contributed by atoms with Crippen LogP contribution < -0.4 is 10.1 Å². The Bertz CT molecular complexity index is 910. The predicted octanol–water partition coefficient (Wildman–Crippen LogP) is 4.93. The van der Waals surface area contributed by atoms with E-state index in [4.69, 9.17) is 9.47 Å². The zero-order valence-corrected chi connectivity index (χ0v) is 15.5. The Morgan fingerprint density at radius 2 is 1.96 bits per heavy atom. The predicted molar refractivity (Wildman–Crippen MR) is 102 cm³/mol. The quantitative estimate of drug-likeness (QED) is 0.615. The van der Waals surface area contributed by atoms with E-state index in [1.54, 1.807) is 14.0 Å². The molecule has 2 aromatic carbocycles. The third-order valence-corrected chi connectivity index (χ3v) is 4.22. The minimum absolute atomic E-state index is 0.298. The highest BCUT2D eigenvalue weighted by Crippen LogP contribution is 2.34. The van der Waals surface area contributed by atoms with Gasteiger partial charge in [0.25, 0.3) is 0 Å². The first-order valence-electron chi connectivity index (χ1n) is 7.79. The highest BCUT2D eigenvalue weighted by Gasteiger charge is 2.18. The van der Waals surface area contributed by atoms with Gasteiger partial charge in [0.05, 0.1) is 19.4 Å². The Labute approximate surface area is 154 Å². The van der Waals surface area contributed by atoms with Crippen LogP contribution in [0.1, 0.15) is 17.3 Å². The normalized spacial score (nSPS) is 10.5. The molecule has 0 atom stereocenters. The van der Waals surface area contributed by atoms with Crippen molar-refractivity contribution in [3.8, 4) is 5.75 Å². The summed E-state index contributed by atoms with van der Waals surface area (Å²) in [5.41, 5.74) is 2.55. The monoisotopic (exact) mass is 400 g/mol. The lowest BCUT2D eigenvalue weighted by atomic mass is 10.1. The molecule has 1 N–H and O–H groups in total. The fourth-order valence-corrected chi connectivity index (χ4v) is 2.80. The molecule has 0 unspecified atom stereocenters. The summed E-state index contributed by atoms with van der Waals surface area (Å²) in [6.45, 7) is 2.07. The molecule has 0 fully saturated rings. The average Bonchev–Trinajstić information content (AvgIpc) is 2.63. The molecular formula is C19H17BrN2O3. The van der Waals surface area contributed by atoms with Crippen LogP contribution in [-0.4, -0.2) is 24.7 Å². The summed E-state index contributed by atoms with van der Waals surface area (Å²) < 4.78 is 11.5. The molecule has 0 radical (unpaired) electrons. The Morgan fingerprint density at radius 1 is 1.20 bits per heavy atom. The van der Waals surface area contributed by atoms with E-state index in [2.05, 4.69) is 26.2 Å². The number of nitrogens with zero attached hydrogens (tertiary/aromatic N) is 1. The lowest BCUT2D eigenvalue weighted by molar-refractivity contribution is 0.0527. The van der Waals surface area contributed by atoms with Gasteiger partial charge in [-0.1, -0.05) is 28.1 Å². The van der Waals surface area contributed by atoms with Crippen molar-refractivity contribution in [1.29, 1.82) is 0 Å². The van der Waals surface area contributed by atoms with Crippen molar-refractivity contribution in [2.45, 2.75) is 6.92 Å². The van der Waals surface area contributed by atoms with Crippen LogP contribution in [0.2, 0.25) is 0 Å². The van der Waals surface area contributed by atoms with E-state index in [1.165, 1.54) is 6.20 Å². The smallest absolute Gasteiger partial charge is 0.341 e. The second-order valence-corrected chi connectivity index (χ2v) is 6.17. The lowest BCUT2D eigenvalue weighted by Gasteiger charge is -2.15. The molecule has 0 saturated carbocycles. The average molecular weight is 401 g/mol. The molecule has 0 aliphatic rings. The molecule has 6 heteroatoms. The first kappa shape index (κ1) is 17.2. The van der Waals surface area contributed by atoms with Gasteiger partial charge in [0.2, 0.25) is 0 Å². The van der Waals surface area contributed by atoms with Gasteiger partial charge in [-0.25, -0.2) is 4.79 Å². The number of pyridine rings is 1. The Kier molecular flexibility index (Phi) is 5.19. The maximum atomic E-state index is 12.4. The number of carbonyl (C=O) groups is 1. The minimum Gasteiger partial charge on any atom is -0.494 e. The Morgan fingerprint density at radius 3 is 2.64 bits per heavy atom. The number of halogens is 1. The number of carbonyl (C=O) groups excluding carboxylic acids is 1. The molecule has 3 aromatic rings. The van der Waals surface area contributed by atoms with Crippen molar-refractivity contribution in [2.24, 2.45) is 0 Å². The highest BCUT2D eigenvalue weighted by molar-refractivity contribution is 9.10. The molecule has 25 heavy (non-hydrogen) atoms. The van der Waals surface area contributed by atoms with Gasteiger partial charge in [-0.15, -0.1) is 0 Å². The van der Waals surface area contributed by atoms with E-state index < -0.39 is 5.97 Å². The molecule has 0 spiro atoms. The zero-order valence-electron chi connectivity index (χ0n) is 13.9. The van der Waals surface area contributed by atoms with Crippen LogP contribution >= 0.6 is 15.9 Å². The number of anilines is 2. The molecule has 0 bridgehead atoms. The van der Waals surface area contributed by atoms with E-state index in [0.717, 1.165) is 15.5 Å². The van der Waals surface area contributed by atoms with Crippen LogP contribution in [0.3, 0.4) is 0 Å². The number of hydrogen-bond donors (Lipinski definition) is 1. The topological polar surface area (TPSA) is 60.5 Å². The number of hydrogen-bond acceptors (Lipinski definition) is 5. The summed E-state index contributed by atoms with van der Waals surface area (Å²) in [5.74, 6) is 0.228. The molecule has 5 nitrogen and oxygen atoms in total. The van der Waals surface area contributed by atoms with Crippen LogP contribution in [0.5, 0.6) is 5.75 Å². The second kappa shape index (κ2) is 7.53. The summed E-state index contributed by atoms with van der Waals surface area (Å²) in [6, 6.07) is 13.3. The van der Waals surface area contributed by atoms with Gasteiger partial charge >= 0.3 is 5.97 Å². The Balaban J connectivity index is 2.17. The Hall–Kier alpha value is -2.60. The number of rotatable bonds is 5. The van der Waals surface area contributed by atoms with Gasteiger partial charge in [0.15, 0.2) is 0 Å². The van der Waals surface area contributed by atoms with Crippen LogP contribution in [0, 0.1) is 0 Å². The molecule has 3 rings (SSSR count). The zero-order chi connectivity index (χ0) is 17.8. The summed E-state index contributed by atoms with van der Waals surface area (Å²) in [6.07, 6.45) is 1.52. The number of fused-ring (bicyclic) bond motifs is 1. The largest absolute Gasteiger partial charge is 0.494 e. The SMILES string of the molecule is CCOC(=O)c1cnc2c(OC)cccc2c1Nc1ccc(Br)cc1. The summed E-state index contributed by atoms with van der Waals surface area (Å²) in [5, 5.41) is 4.10. The third kappa shape index (κ3) is 3.58. The maximum Gasteiger partial charge on any atom is 0.341 e. The van der Waals surface area contributed by atoms with Crippen molar-refractivity contribution in [2.75, 3.05) is 19.0 Å². The summed E-state index contributed by atoms with van der Waals surface area (Å²) >= 11 is 3.42. The van der Waals surface area contributed by atoms with Crippen molar-refractivity contribution >= 4 is 44.2 Å². The second-order valence-electron chi connectivity index (χ2n) is 5.26. The van der Waals surface area contributed by atoms with Gasteiger partial charge in [0.1, 0.15) is 16.8 Å². The maximum absolute atomic E-state index is 12.4. The summed E-state index contributed by atoms with van der Waals surface area (Å²) in [4.78, 5) is 16.8. The van der Waals surface area contributed by atoms with Crippen molar-refractivity contribution in [1.82, 2.24) is 4.98 Å². The number of aromatic nitrogens is 1. The molecular weight excluding hydrogens is 384 g/mol. The molecule has 1 aromatic heterocycles. The van der Waals surface area contributed by atoms with Crippen LogP contribution in [0.4, 0.5) is 11.4 Å². The molecule has 0 aliphatic heterocycles. The van der Waals surface area contributed by atoms with E-state index in [9.17, 15) is 4.79 Å². The van der Waals surface area contributed by atoms with E-state index in [-0.39, 0.29) is 0 Å². The minimum atomic E-state index is -0.417. The highest BCUT2D eigenvalue weighted by atomic mass is 79.9. The first-order valence-corrected chi connectivity index (χ1v) is 8.58. The molecule has 1 heterocycles. The first-order chi connectivity index (χ1) is 12.1. The van der Waals surface area contributed by atoms with Gasteiger partial charge in [-0.2, -0.15) is 0 Å². The van der Waals surface area contributed by atoms with E-state index >= 15 is 0 Å². The van der Waals surface area contributed by atoms with Crippen LogP contribution in [-0.2, 0) is 4.74 Å².